The summed E-state index contributed by atoms with van der Waals surface area (Å²) < 4.78 is 6.66. The van der Waals surface area contributed by atoms with Gasteiger partial charge in [-0.25, -0.2) is 9.59 Å². The monoisotopic (exact) mass is 320 g/mol. The molecule has 2 heterocycles. The van der Waals surface area contributed by atoms with Crippen LogP contribution in [-0.4, -0.2) is 39.2 Å². The maximum atomic E-state index is 12.2. The molecule has 1 saturated heterocycles. The van der Waals surface area contributed by atoms with Crippen molar-refractivity contribution in [3.8, 4) is 6.07 Å². The number of rotatable bonds is 1. The number of nitrogens with one attached hydrogen (secondary N) is 1. The number of carbonyl (C=O) groups excluding carboxylic acids is 1. The molecule has 0 bridgehead atoms. The van der Waals surface area contributed by atoms with Gasteiger partial charge in [-0.1, -0.05) is 0 Å². The Morgan fingerprint density at radius 1 is 1.43 bits per heavy atom. The van der Waals surface area contributed by atoms with E-state index >= 15 is 0 Å². The number of hydrogen-bond acceptors (Lipinski definition) is 5. The van der Waals surface area contributed by atoms with Crippen LogP contribution in [0.15, 0.2) is 15.8 Å². The van der Waals surface area contributed by atoms with Crippen molar-refractivity contribution in [2.24, 2.45) is 0 Å². The standard InChI is InChI=1S/C15H20N4O4/c1-15(2,3)23-14(22)18-6-4-5-11(9-18)19-8-10(7-16)12(20)17-13(19)21/h8,11H,4-6,9H2,1-3H3,(H,17,20,21). The average Bonchev–Trinajstić information content (AvgIpc) is 2.46. The third-order valence-electron chi connectivity index (χ3n) is 3.53. The molecular formula is C15H20N4O4. The van der Waals surface area contributed by atoms with Crippen molar-refractivity contribution in [3.05, 3.63) is 32.6 Å². The second-order valence-electron chi connectivity index (χ2n) is 6.54. The first-order valence-electron chi connectivity index (χ1n) is 7.45. The maximum absolute atomic E-state index is 12.2. The molecule has 0 spiro atoms. The van der Waals surface area contributed by atoms with Gasteiger partial charge in [0.15, 0.2) is 0 Å². The van der Waals surface area contributed by atoms with E-state index in [0.717, 1.165) is 0 Å². The second-order valence-corrected chi connectivity index (χ2v) is 6.54. The van der Waals surface area contributed by atoms with Crippen molar-refractivity contribution >= 4 is 6.09 Å². The Hall–Kier alpha value is -2.56. The van der Waals surface area contributed by atoms with E-state index in [1.165, 1.54) is 10.8 Å². The second kappa shape index (κ2) is 6.28. The third kappa shape index (κ3) is 4.00. The number of amides is 1. The SMILES string of the molecule is CC(C)(C)OC(=O)N1CCCC(n2cc(C#N)c(=O)[nH]c2=O)C1. The molecule has 1 atom stereocenters. The van der Waals surface area contributed by atoms with Crippen LogP contribution >= 0.6 is 0 Å². The van der Waals surface area contributed by atoms with E-state index < -0.39 is 22.9 Å². The average molecular weight is 320 g/mol. The highest BCUT2D eigenvalue weighted by Crippen LogP contribution is 2.22. The summed E-state index contributed by atoms with van der Waals surface area (Å²) in [5, 5.41) is 8.93. The molecule has 1 aliphatic rings. The van der Waals surface area contributed by atoms with E-state index in [-0.39, 0.29) is 11.6 Å². The molecule has 2 rings (SSSR count). The summed E-state index contributed by atoms with van der Waals surface area (Å²) in [5.41, 5.74) is -2.00. The smallest absolute Gasteiger partial charge is 0.410 e. The molecule has 124 valence electrons. The van der Waals surface area contributed by atoms with E-state index in [1.807, 2.05) is 0 Å². The van der Waals surface area contributed by atoms with E-state index in [0.29, 0.717) is 25.9 Å². The molecule has 1 aromatic rings. The normalized spacial score (nSPS) is 18.3. The predicted octanol–water partition coefficient (Wildman–Crippen LogP) is 0.980. The molecule has 0 saturated carbocycles. The number of ether oxygens (including phenoxy) is 1. The van der Waals surface area contributed by atoms with E-state index in [4.69, 9.17) is 10.00 Å². The lowest BCUT2D eigenvalue weighted by molar-refractivity contribution is 0.0170. The van der Waals surface area contributed by atoms with Crippen molar-refractivity contribution < 1.29 is 9.53 Å². The highest BCUT2D eigenvalue weighted by Gasteiger charge is 2.29. The van der Waals surface area contributed by atoms with Crippen molar-refractivity contribution in [1.29, 1.82) is 5.26 Å². The van der Waals surface area contributed by atoms with Crippen molar-refractivity contribution in [3.63, 3.8) is 0 Å². The zero-order valence-electron chi connectivity index (χ0n) is 13.5. The molecule has 1 amide bonds. The Bertz CT molecular complexity index is 750. The Balaban J connectivity index is 2.22. The molecule has 1 unspecified atom stereocenters. The number of H-pyrrole nitrogens is 1. The van der Waals surface area contributed by atoms with Crippen LogP contribution in [0.1, 0.15) is 45.2 Å². The minimum absolute atomic E-state index is 0.126. The summed E-state index contributed by atoms with van der Waals surface area (Å²) in [4.78, 5) is 39.3. The van der Waals surface area contributed by atoms with Crippen molar-refractivity contribution in [2.75, 3.05) is 13.1 Å². The minimum atomic E-state index is -0.700. The van der Waals surface area contributed by atoms with E-state index in [9.17, 15) is 14.4 Å². The fraction of sp³-hybridized carbons (Fsp3) is 0.600. The van der Waals surface area contributed by atoms with Gasteiger partial charge in [0.25, 0.3) is 5.56 Å². The number of aromatic amines is 1. The summed E-state index contributed by atoms with van der Waals surface area (Å²) in [5.74, 6) is 0. The topological polar surface area (TPSA) is 108 Å². The van der Waals surface area contributed by atoms with Gasteiger partial charge >= 0.3 is 11.8 Å². The zero-order chi connectivity index (χ0) is 17.2. The van der Waals surface area contributed by atoms with Crippen LogP contribution in [0.2, 0.25) is 0 Å². The fourth-order valence-corrected chi connectivity index (χ4v) is 2.51. The molecule has 8 nitrogen and oxygen atoms in total. The highest BCUT2D eigenvalue weighted by atomic mass is 16.6. The number of piperidine rings is 1. The first-order chi connectivity index (χ1) is 10.7. The molecule has 8 heteroatoms. The van der Waals surface area contributed by atoms with Gasteiger partial charge in [-0.2, -0.15) is 5.26 Å². The first-order valence-corrected chi connectivity index (χ1v) is 7.45. The molecular weight excluding hydrogens is 300 g/mol. The van der Waals surface area contributed by atoms with Gasteiger partial charge in [-0.15, -0.1) is 0 Å². The number of nitrogens with zero attached hydrogens (tertiary/aromatic N) is 3. The van der Waals surface area contributed by atoms with Crippen molar-refractivity contribution in [2.45, 2.75) is 45.3 Å². The summed E-state index contributed by atoms with van der Waals surface area (Å²) in [6.45, 7) is 6.22. The highest BCUT2D eigenvalue weighted by molar-refractivity contribution is 5.68. The summed E-state index contributed by atoms with van der Waals surface area (Å²) in [6.07, 6.45) is 2.21. The minimum Gasteiger partial charge on any atom is -0.444 e. The molecule has 1 fully saturated rings. The number of hydrogen-bond donors (Lipinski definition) is 1. The van der Waals surface area contributed by atoms with Crippen LogP contribution in [0, 0.1) is 11.3 Å². The van der Waals surface area contributed by atoms with Gasteiger partial charge in [0.2, 0.25) is 0 Å². The molecule has 0 aromatic carbocycles. The lowest BCUT2D eigenvalue weighted by Crippen LogP contribution is -2.46. The maximum Gasteiger partial charge on any atom is 0.410 e. The van der Waals surface area contributed by atoms with Gasteiger partial charge in [-0.3, -0.25) is 14.3 Å². The summed E-state index contributed by atoms with van der Waals surface area (Å²) >= 11 is 0. The summed E-state index contributed by atoms with van der Waals surface area (Å²) in [6, 6.07) is 1.46. The Morgan fingerprint density at radius 2 is 2.13 bits per heavy atom. The van der Waals surface area contributed by atoms with E-state index in [2.05, 4.69) is 4.98 Å². The number of aromatic nitrogens is 2. The van der Waals surface area contributed by atoms with Gasteiger partial charge in [-0.05, 0) is 33.6 Å². The molecule has 1 aromatic heterocycles. The zero-order valence-corrected chi connectivity index (χ0v) is 13.5. The van der Waals surface area contributed by atoms with Crippen LogP contribution in [0.25, 0.3) is 0 Å². The fourth-order valence-electron chi connectivity index (χ4n) is 2.51. The largest absolute Gasteiger partial charge is 0.444 e. The first kappa shape index (κ1) is 16.8. The van der Waals surface area contributed by atoms with Crippen molar-refractivity contribution in [1.82, 2.24) is 14.5 Å². The molecule has 0 aliphatic carbocycles. The predicted molar refractivity (Wildman–Crippen MR) is 82.1 cm³/mol. The molecule has 0 radical (unpaired) electrons. The van der Waals surface area contributed by atoms with Gasteiger partial charge in [0.05, 0.1) is 6.04 Å². The Labute approximate surface area is 133 Å². The van der Waals surface area contributed by atoms with Crippen LogP contribution < -0.4 is 11.2 Å². The molecule has 23 heavy (non-hydrogen) atoms. The van der Waals surface area contributed by atoms with E-state index in [1.54, 1.807) is 31.7 Å². The lowest BCUT2D eigenvalue weighted by atomic mass is 10.1. The number of likely N-dealkylation sites (tertiary alicyclic amines) is 1. The third-order valence-corrected chi connectivity index (χ3v) is 3.53. The molecule has 1 aliphatic heterocycles. The Morgan fingerprint density at radius 3 is 2.74 bits per heavy atom. The van der Waals surface area contributed by atoms with Crippen LogP contribution in [-0.2, 0) is 4.74 Å². The van der Waals surface area contributed by atoms with Crippen LogP contribution in [0.4, 0.5) is 4.79 Å². The summed E-state index contributed by atoms with van der Waals surface area (Å²) in [7, 11) is 0. The quantitative estimate of drug-likeness (QED) is 0.829. The van der Waals surface area contributed by atoms with Gasteiger partial charge < -0.3 is 9.64 Å². The Kier molecular flexibility index (Phi) is 4.59. The van der Waals surface area contributed by atoms with Gasteiger partial charge in [0, 0.05) is 19.3 Å². The van der Waals surface area contributed by atoms with Crippen LogP contribution in [0.3, 0.4) is 0 Å². The lowest BCUT2D eigenvalue weighted by Gasteiger charge is -2.34. The van der Waals surface area contributed by atoms with Gasteiger partial charge in [0.1, 0.15) is 17.2 Å². The van der Waals surface area contributed by atoms with Crippen LogP contribution in [0.5, 0.6) is 0 Å². The molecule has 1 N–H and O–H groups in total. The number of nitriles is 1. The number of carbonyl (C=O) groups is 1.